The Balaban J connectivity index is 0.00000200. The minimum atomic E-state index is 0. The standard InChI is InChI=1S/C14H27N3O2.2ClH/c1-12(11-17-5-7-19-8-6-17)10-16-14(18)9-13-3-2-4-15-13;;/h12-13,15H,2-11H2,1H3,(H,16,18);2*1H. The highest BCUT2D eigenvalue weighted by molar-refractivity contribution is 5.85. The van der Waals surface area contributed by atoms with Gasteiger partial charge in [-0.2, -0.15) is 0 Å². The van der Waals surface area contributed by atoms with Crippen molar-refractivity contribution in [2.24, 2.45) is 5.92 Å². The topological polar surface area (TPSA) is 53.6 Å². The Bertz CT molecular complexity index is 283. The van der Waals surface area contributed by atoms with Crippen molar-refractivity contribution in [1.29, 1.82) is 0 Å². The van der Waals surface area contributed by atoms with Crippen molar-refractivity contribution in [2.45, 2.75) is 32.2 Å². The summed E-state index contributed by atoms with van der Waals surface area (Å²) in [6.07, 6.45) is 2.96. The van der Waals surface area contributed by atoms with Gasteiger partial charge in [0.25, 0.3) is 0 Å². The number of halogens is 2. The van der Waals surface area contributed by atoms with Crippen molar-refractivity contribution in [3.63, 3.8) is 0 Å². The molecule has 21 heavy (non-hydrogen) atoms. The third-order valence-corrected chi connectivity index (χ3v) is 3.92. The fraction of sp³-hybridized carbons (Fsp3) is 0.929. The number of hydrogen-bond donors (Lipinski definition) is 2. The van der Waals surface area contributed by atoms with Crippen LogP contribution < -0.4 is 10.6 Å². The van der Waals surface area contributed by atoms with E-state index in [-0.39, 0.29) is 30.7 Å². The van der Waals surface area contributed by atoms with Crippen LogP contribution in [-0.4, -0.2) is 62.8 Å². The van der Waals surface area contributed by atoms with Crippen molar-refractivity contribution in [1.82, 2.24) is 15.5 Å². The van der Waals surface area contributed by atoms with E-state index in [1.165, 1.54) is 6.42 Å². The number of nitrogens with zero attached hydrogens (tertiary/aromatic N) is 1. The van der Waals surface area contributed by atoms with Gasteiger partial charge in [-0.25, -0.2) is 0 Å². The van der Waals surface area contributed by atoms with Gasteiger partial charge in [0.2, 0.25) is 5.91 Å². The molecule has 0 aromatic heterocycles. The highest BCUT2D eigenvalue weighted by Crippen LogP contribution is 2.08. The number of hydrogen-bond acceptors (Lipinski definition) is 4. The molecule has 1 amide bonds. The first kappa shape index (κ1) is 20.9. The van der Waals surface area contributed by atoms with Gasteiger partial charge in [0.15, 0.2) is 0 Å². The third kappa shape index (κ3) is 8.21. The Morgan fingerprint density at radius 1 is 1.38 bits per heavy atom. The summed E-state index contributed by atoms with van der Waals surface area (Å²) in [6, 6.07) is 0.398. The normalized spacial score (nSPS) is 23.8. The number of carbonyl (C=O) groups excluding carboxylic acids is 1. The molecule has 0 saturated carbocycles. The van der Waals surface area contributed by atoms with Gasteiger partial charge in [0.1, 0.15) is 0 Å². The average molecular weight is 342 g/mol. The minimum absolute atomic E-state index is 0. The second kappa shape index (κ2) is 11.5. The fourth-order valence-corrected chi connectivity index (χ4v) is 2.80. The first-order valence-electron chi connectivity index (χ1n) is 7.54. The van der Waals surface area contributed by atoms with E-state index in [2.05, 4.69) is 22.5 Å². The molecule has 2 fully saturated rings. The van der Waals surface area contributed by atoms with Gasteiger partial charge in [-0.15, -0.1) is 24.8 Å². The highest BCUT2D eigenvalue weighted by atomic mass is 35.5. The SMILES string of the molecule is CC(CNC(=O)CC1CCCN1)CN1CCOCC1.Cl.Cl. The van der Waals surface area contributed by atoms with E-state index >= 15 is 0 Å². The summed E-state index contributed by atoms with van der Waals surface area (Å²) in [5.41, 5.74) is 0. The summed E-state index contributed by atoms with van der Waals surface area (Å²) in [6.45, 7) is 8.80. The predicted molar refractivity (Wildman–Crippen MR) is 89.6 cm³/mol. The molecule has 7 heteroatoms. The average Bonchev–Trinajstić information content (AvgIpc) is 2.90. The summed E-state index contributed by atoms with van der Waals surface area (Å²) in [7, 11) is 0. The molecular formula is C14H29Cl2N3O2. The summed E-state index contributed by atoms with van der Waals surface area (Å²) in [4.78, 5) is 14.2. The Kier molecular flexibility index (Phi) is 11.5. The molecule has 2 rings (SSSR count). The highest BCUT2D eigenvalue weighted by Gasteiger charge is 2.18. The van der Waals surface area contributed by atoms with E-state index in [9.17, 15) is 4.79 Å². The van der Waals surface area contributed by atoms with Crippen LogP contribution in [0.3, 0.4) is 0 Å². The van der Waals surface area contributed by atoms with Crippen LogP contribution in [-0.2, 0) is 9.53 Å². The maximum absolute atomic E-state index is 11.8. The van der Waals surface area contributed by atoms with Crippen molar-refractivity contribution < 1.29 is 9.53 Å². The Labute approximate surface area is 140 Å². The van der Waals surface area contributed by atoms with Gasteiger partial charge in [0.05, 0.1) is 13.2 Å². The summed E-state index contributed by atoms with van der Waals surface area (Å²) in [5, 5.41) is 6.42. The van der Waals surface area contributed by atoms with Gasteiger partial charge in [-0.1, -0.05) is 6.92 Å². The van der Waals surface area contributed by atoms with Crippen LogP contribution in [0, 0.1) is 5.92 Å². The molecule has 0 radical (unpaired) electrons. The van der Waals surface area contributed by atoms with Gasteiger partial charge < -0.3 is 15.4 Å². The predicted octanol–water partition coefficient (Wildman–Crippen LogP) is 1.06. The van der Waals surface area contributed by atoms with Crippen molar-refractivity contribution in [3.8, 4) is 0 Å². The fourth-order valence-electron chi connectivity index (χ4n) is 2.80. The number of rotatable bonds is 6. The molecule has 126 valence electrons. The van der Waals surface area contributed by atoms with Crippen molar-refractivity contribution >= 4 is 30.7 Å². The molecule has 0 spiro atoms. The van der Waals surface area contributed by atoms with Crippen molar-refractivity contribution in [3.05, 3.63) is 0 Å². The second-order valence-electron chi connectivity index (χ2n) is 5.82. The van der Waals surface area contributed by atoms with E-state index in [0.29, 0.717) is 18.4 Å². The lowest BCUT2D eigenvalue weighted by Gasteiger charge is -2.29. The van der Waals surface area contributed by atoms with Crippen LogP contribution in [0.4, 0.5) is 0 Å². The minimum Gasteiger partial charge on any atom is -0.379 e. The zero-order valence-electron chi connectivity index (χ0n) is 12.8. The van der Waals surface area contributed by atoms with Crippen LogP contribution in [0.2, 0.25) is 0 Å². The Morgan fingerprint density at radius 3 is 2.71 bits per heavy atom. The largest absolute Gasteiger partial charge is 0.379 e. The Hall–Kier alpha value is -0.0700. The molecule has 2 saturated heterocycles. The molecule has 2 unspecified atom stereocenters. The molecular weight excluding hydrogens is 313 g/mol. The van der Waals surface area contributed by atoms with E-state index in [0.717, 1.165) is 52.4 Å². The Morgan fingerprint density at radius 2 is 2.10 bits per heavy atom. The van der Waals surface area contributed by atoms with Crippen LogP contribution in [0.15, 0.2) is 0 Å². The summed E-state index contributed by atoms with van der Waals surface area (Å²) < 4.78 is 5.34. The number of amides is 1. The maximum atomic E-state index is 11.8. The van der Waals surface area contributed by atoms with Gasteiger partial charge in [-0.3, -0.25) is 9.69 Å². The number of nitrogens with one attached hydrogen (secondary N) is 2. The maximum Gasteiger partial charge on any atom is 0.221 e. The van der Waals surface area contributed by atoms with Crippen LogP contribution in [0.5, 0.6) is 0 Å². The van der Waals surface area contributed by atoms with E-state index in [4.69, 9.17) is 4.74 Å². The van der Waals surface area contributed by atoms with Crippen LogP contribution in [0.1, 0.15) is 26.2 Å². The van der Waals surface area contributed by atoms with Crippen LogP contribution >= 0.6 is 24.8 Å². The molecule has 0 aromatic rings. The third-order valence-electron chi connectivity index (χ3n) is 3.92. The lowest BCUT2D eigenvalue weighted by molar-refractivity contribution is -0.121. The molecule has 0 bridgehead atoms. The molecule has 2 atom stereocenters. The first-order valence-corrected chi connectivity index (χ1v) is 7.54. The zero-order chi connectivity index (χ0) is 13.5. The quantitative estimate of drug-likeness (QED) is 0.758. The number of ether oxygens (including phenoxy) is 1. The van der Waals surface area contributed by atoms with Crippen molar-refractivity contribution in [2.75, 3.05) is 45.9 Å². The number of morpholine rings is 1. The molecule has 2 heterocycles. The second-order valence-corrected chi connectivity index (χ2v) is 5.82. The van der Waals surface area contributed by atoms with Gasteiger partial charge in [-0.05, 0) is 25.3 Å². The lowest BCUT2D eigenvalue weighted by atomic mass is 10.1. The molecule has 5 nitrogen and oxygen atoms in total. The molecule has 2 aliphatic heterocycles. The zero-order valence-corrected chi connectivity index (χ0v) is 14.4. The van der Waals surface area contributed by atoms with E-state index in [1.54, 1.807) is 0 Å². The first-order chi connectivity index (χ1) is 9.24. The van der Waals surface area contributed by atoms with E-state index in [1.807, 2.05) is 0 Å². The van der Waals surface area contributed by atoms with Gasteiger partial charge >= 0.3 is 0 Å². The number of carbonyl (C=O) groups is 1. The molecule has 2 aliphatic rings. The lowest BCUT2D eigenvalue weighted by Crippen LogP contribution is -2.42. The monoisotopic (exact) mass is 341 g/mol. The smallest absolute Gasteiger partial charge is 0.221 e. The molecule has 2 N–H and O–H groups in total. The summed E-state index contributed by atoms with van der Waals surface area (Å²) >= 11 is 0. The summed E-state index contributed by atoms with van der Waals surface area (Å²) in [5.74, 6) is 0.687. The van der Waals surface area contributed by atoms with Crippen LogP contribution in [0.25, 0.3) is 0 Å². The molecule has 0 aromatic carbocycles. The molecule has 0 aliphatic carbocycles. The van der Waals surface area contributed by atoms with E-state index < -0.39 is 0 Å². The van der Waals surface area contributed by atoms with Gasteiger partial charge in [0, 0.05) is 38.6 Å².